The van der Waals surface area contributed by atoms with E-state index in [4.69, 9.17) is 4.74 Å². The number of nitrogens with zero attached hydrogens (tertiary/aromatic N) is 1. The number of rotatable bonds is 1. The van der Waals surface area contributed by atoms with Crippen molar-refractivity contribution in [1.82, 2.24) is 4.57 Å². The lowest BCUT2D eigenvalue weighted by molar-refractivity contribution is 0.00320. The van der Waals surface area contributed by atoms with Gasteiger partial charge in [0.25, 0.3) is 0 Å². The van der Waals surface area contributed by atoms with Crippen LogP contribution in [0.2, 0.25) is 0 Å². The van der Waals surface area contributed by atoms with E-state index in [2.05, 4.69) is 0 Å². The number of ether oxygens (including phenoxy) is 1. The van der Waals surface area contributed by atoms with Crippen LogP contribution in [0.25, 0.3) is 10.9 Å². The van der Waals surface area contributed by atoms with Crippen LogP contribution in [-0.2, 0) is 24.3 Å². The number of aromatic nitrogens is 1. The highest BCUT2D eigenvalue weighted by molar-refractivity contribution is 14.1. The molecule has 0 bridgehead atoms. The lowest BCUT2D eigenvalue weighted by Crippen LogP contribution is -2.40. The molecular formula is C17H17FINO3. The highest BCUT2D eigenvalue weighted by Gasteiger charge is 2.38. The van der Waals surface area contributed by atoms with E-state index in [-0.39, 0.29) is 23.3 Å². The molecule has 1 saturated heterocycles. The Labute approximate surface area is 146 Å². The molecule has 2 aliphatic heterocycles. The van der Waals surface area contributed by atoms with Gasteiger partial charge in [0, 0.05) is 25.1 Å². The van der Waals surface area contributed by atoms with E-state index in [1.807, 2.05) is 27.2 Å². The summed E-state index contributed by atoms with van der Waals surface area (Å²) >= 11 is 1.97. The van der Waals surface area contributed by atoms with E-state index in [0.29, 0.717) is 27.9 Å². The van der Waals surface area contributed by atoms with Gasteiger partial charge in [-0.25, -0.2) is 4.39 Å². The molecular weight excluding hydrogens is 412 g/mol. The smallest absolute Gasteiger partial charge is 0.203 e. The average Bonchev–Trinajstić information content (AvgIpc) is 2.53. The first kappa shape index (κ1) is 15.5. The molecule has 23 heavy (non-hydrogen) atoms. The van der Waals surface area contributed by atoms with Gasteiger partial charge in [-0.3, -0.25) is 4.79 Å². The normalized spacial score (nSPS) is 19.4. The van der Waals surface area contributed by atoms with Crippen molar-refractivity contribution in [3.05, 3.63) is 43.0 Å². The van der Waals surface area contributed by atoms with Crippen LogP contribution in [0.15, 0.2) is 16.9 Å². The Kier molecular flexibility index (Phi) is 3.73. The molecule has 122 valence electrons. The minimum absolute atomic E-state index is 0.0219. The Bertz CT molecular complexity index is 855. The Morgan fingerprint density at radius 1 is 1.35 bits per heavy atom. The third-order valence-corrected chi connectivity index (χ3v) is 6.32. The number of aliphatic hydroxyl groups excluding tert-OH is 1. The molecule has 0 amide bonds. The third kappa shape index (κ3) is 2.34. The lowest BCUT2D eigenvalue weighted by Gasteiger charge is -2.42. The summed E-state index contributed by atoms with van der Waals surface area (Å²) in [5.74, 6) is -0.368. The molecule has 0 radical (unpaired) electrons. The largest absolute Gasteiger partial charge is 0.390 e. The Morgan fingerprint density at radius 2 is 2.09 bits per heavy atom. The molecule has 2 aromatic rings. The Morgan fingerprint density at radius 3 is 2.78 bits per heavy atom. The van der Waals surface area contributed by atoms with Crippen LogP contribution in [0.5, 0.6) is 0 Å². The van der Waals surface area contributed by atoms with Gasteiger partial charge >= 0.3 is 0 Å². The van der Waals surface area contributed by atoms with E-state index in [1.54, 1.807) is 6.07 Å². The second kappa shape index (κ2) is 5.53. The highest BCUT2D eigenvalue weighted by Crippen LogP contribution is 2.42. The zero-order chi connectivity index (χ0) is 16.2. The van der Waals surface area contributed by atoms with E-state index < -0.39 is 0 Å². The fourth-order valence-electron chi connectivity index (χ4n) is 4.05. The van der Waals surface area contributed by atoms with Crippen LogP contribution >= 0.6 is 22.6 Å². The maximum absolute atomic E-state index is 14.1. The molecule has 6 heteroatoms. The second-order valence-electron chi connectivity index (χ2n) is 6.58. The van der Waals surface area contributed by atoms with Crippen molar-refractivity contribution < 1.29 is 14.2 Å². The van der Waals surface area contributed by atoms with Gasteiger partial charge < -0.3 is 14.4 Å². The van der Waals surface area contributed by atoms with Crippen molar-refractivity contribution in [1.29, 1.82) is 0 Å². The summed E-state index contributed by atoms with van der Waals surface area (Å²) in [6.45, 7) is 1.98. The first-order valence-electron chi connectivity index (χ1n) is 7.77. The molecule has 0 atom stereocenters. The fraction of sp³-hybridized carbons (Fsp3) is 0.471. The van der Waals surface area contributed by atoms with Crippen LogP contribution < -0.4 is 5.43 Å². The predicted molar refractivity (Wildman–Crippen MR) is 93.0 cm³/mol. The number of aliphatic hydroxyl groups is 1. The SMILES string of the molecule is O=c1c(I)c(CO)n2c3c(cc(F)cc13)CC1(CCOCC1)C2. The number of hydrogen-bond acceptors (Lipinski definition) is 3. The van der Waals surface area contributed by atoms with Crippen LogP contribution in [0.3, 0.4) is 0 Å². The van der Waals surface area contributed by atoms with Gasteiger partial charge in [0.1, 0.15) is 5.82 Å². The summed E-state index contributed by atoms with van der Waals surface area (Å²) in [4.78, 5) is 12.6. The van der Waals surface area contributed by atoms with Crippen molar-refractivity contribution >= 4 is 33.5 Å². The van der Waals surface area contributed by atoms with Crippen LogP contribution in [0.4, 0.5) is 4.39 Å². The van der Waals surface area contributed by atoms with E-state index in [1.165, 1.54) is 6.07 Å². The standard InChI is InChI=1S/C17H17FINO3/c18-11-5-10-7-17(1-3-23-4-2-17)9-20-13(8-21)14(19)16(22)12(6-11)15(10)20/h5-6,21H,1-4,7-9H2. The quantitative estimate of drug-likeness (QED) is 0.710. The third-order valence-electron chi connectivity index (χ3n) is 5.21. The van der Waals surface area contributed by atoms with Crippen molar-refractivity contribution in [3.63, 3.8) is 0 Å². The molecule has 4 rings (SSSR count). The molecule has 4 nitrogen and oxygen atoms in total. The molecule has 2 aliphatic rings. The summed E-state index contributed by atoms with van der Waals surface area (Å²) in [5.41, 5.74) is 2.13. The first-order chi connectivity index (χ1) is 11.0. The molecule has 1 aromatic carbocycles. The molecule has 0 unspecified atom stereocenters. The summed E-state index contributed by atoms with van der Waals surface area (Å²) in [6, 6.07) is 2.87. The number of pyridine rings is 1. The van der Waals surface area contributed by atoms with E-state index in [9.17, 15) is 14.3 Å². The number of hydrogen-bond donors (Lipinski definition) is 1. The van der Waals surface area contributed by atoms with Gasteiger partial charge in [-0.15, -0.1) is 0 Å². The monoisotopic (exact) mass is 429 g/mol. The molecule has 1 fully saturated rings. The molecule has 1 N–H and O–H groups in total. The zero-order valence-corrected chi connectivity index (χ0v) is 14.7. The number of benzene rings is 1. The van der Waals surface area contributed by atoms with Gasteiger partial charge in [-0.1, -0.05) is 0 Å². The summed E-state index contributed by atoms with van der Waals surface area (Å²) < 4.78 is 22.1. The first-order valence-corrected chi connectivity index (χ1v) is 8.84. The average molecular weight is 429 g/mol. The van der Waals surface area contributed by atoms with Gasteiger partial charge in [-0.05, 0) is 65.0 Å². The Hall–Kier alpha value is -0.990. The summed E-state index contributed by atoms with van der Waals surface area (Å²) in [5, 5.41) is 10.2. The molecule has 1 aromatic heterocycles. The second-order valence-corrected chi connectivity index (χ2v) is 7.66. The molecule has 0 saturated carbocycles. The van der Waals surface area contributed by atoms with Crippen molar-refractivity contribution in [2.75, 3.05) is 13.2 Å². The minimum Gasteiger partial charge on any atom is -0.390 e. The topological polar surface area (TPSA) is 51.5 Å². The predicted octanol–water partition coefficient (Wildman–Crippen LogP) is 2.59. The molecule has 0 aliphatic carbocycles. The minimum atomic E-state index is -0.368. The van der Waals surface area contributed by atoms with E-state index >= 15 is 0 Å². The zero-order valence-electron chi connectivity index (χ0n) is 12.6. The lowest BCUT2D eigenvalue weighted by atomic mass is 9.72. The van der Waals surface area contributed by atoms with Gasteiger partial charge in [0.2, 0.25) is 5.43 Å². The van der Waals surface area contributed by atoms with Gasteiger partial charge in [0.15, 0.2) is 0 Å². The van der Waals surface area contributed by atoms with E-state index in [0.717, 1.165) is 36.9 Å². The van der Waals surface area contributed by atoms with Gasteiger partial charge in [-0.2, -0.15) is 0 Å². The molecule has 3 heterocycles. The maximum atomic E-state index is 14.1. The van der Waals surface area contributed by atoms with Crippen LogP contribution in [-0.4, -0.2) is 22.9 Å². The number of halogens is 2. The maximum Gasteiger partial charge on any atom is 0.203 e. The Balaban J connectivity index is 2.04. The van der Waals surface area contributed by atoms with Crippen LogP contribution in [0, 0.1) is 14.8 Å². The van der Waals surface area contributed by atoms with Gasteiger partial charge in [0.05, 0.1) is 21.4 Å². The fourth-order valence-corrected chi connectivity index (χ4v) is 4.80. The summed E-state index contributed by atoms with van der Waals surface area (Å²) in [7, 11) is 0. The van der Waals surface area contributed by atoms with Crippen LogP contribution in [0.1, 0.15) is 24.1 Å². The van der Waals surface area contributed by atoms with Crippen molar-refractivity contribution in [2.45, 2.75) is 32.4 Å². The van der Waals surface area contributed by atoms with Crippen molar-refractivity contribution in [3.8, 4) is 0 Å². The summed E-state index contributed by atoms with van der Waals surface area (Å²) in [6.07, 6.45) is 2.59. The van der Waals surface area contributed by atoms with Crippen molar-refractivity contribution in [2.24, 2.45) is 5.41 Å². The highest BCUT2D eigenvalue weighted by atomic mass is 127. The molecule has 1 spiro atoms.